The van der Waals surface area contributed by atoms with Crippen molar-refractivity contribution in [3.05, 3.63) is 36.4 Å². The predicted octanol–water partition coefficient (Wildman–Crippen LogP) is -4.51. The van der Waals surface area contributed by atoms with Crippen LogP contribution >= 0.6 is 0 Å². The van der Waals surface area contributed by atoms with Crippen LogP contribution in [-0.2, 0) is 0 Å². The maximum Gasteiger partial charge on any atom is 1.00 e. The van der Waals surface area contributed by atoms with Crippen molar-refractivity contribution in [1.29, 1.82) is 0 Å². The first-order valence-corrected chi connectivity index (χ1v) is 1.91. The summed E-state index contributed by atoms with van der Waals surface area (Å²) in [7, 11) is 0. The summed E-state index contributed by atoms with van der Waals surface area (Å²) in [6.07, 6.45) is 0. The Bertz CT molecular complexity index is 80.5. The van der Waals surface area contributed by atoms with Crippen molar-refractivity contribution in [2.45, 2.75) is 0 Å². The molecule has 0 amide bonds. The molecule has 8 heavy (non-hydrogen) atoms. The number of hydrogen-bond donors (Lipinski definition) is 0. The summed E-state index contributed by atoms with van der Waals surface area (Å²) in [6, 6.07) is 12.5. The van der Waals surface area contributed by atoms with Gasteiger partial charge in [0.25, 0.3) is 0 Å². The van der Waals surface area contributed by atoms with Gasteiger partial charge in [0.1, 0.15) is 0 Å². The van der Waals surface area contributed by atoms with Gasteiger partial charge in [0, 0.05) is 0 Å². The topological polar surface area (TPSA) is 0 Å². The maximum atomic E-state index is 2.89. The van der Waals surface area contributed by atoms with E-state index in [0.29, 0.717) is 0 Å². The molecule has 0 heterocycles. The fraction of sp³-hybridized carbons (Fsp3) is 0. The first-order valence-electron chi connectivity index (χ1n) is 1.91. The first kappa shape index (κ1) is 11.5. The van der Waals surface area contributed by atoms with Crippen molar-refractivity contribution in [1.82, 2.24) is 0 Å². The van der Waals surface area contributed by atoms with Crippen LogP contribution in [0.25, 0.3) is 0 Å². The molecule has 1 rings (SSSR count). The number of rotatable bonds is 0. The minimum atomic E-state index is 0. The molecular weight excluding hydrogens is 175 g/mol. The first-order chi connectivity index (χ1) is 3.00. The predicted molar refractivity (Wildman–Crippen MR) is 25.3 cm³/mol. The zero-order valence-corrected chi connectivity index (χ0v) is 8.35. The molecule has 0 aliphatic heterocycles. The second-order valence-electron chi connectivity index (χ2n) is 1.08. The van der Waals surface area contributed by atoms with Crippen LogP contribution in [-0.4, -0.2) is 0 Å². The van der Waals surface area contributed by atoms with Crippen LogP contribution < -0.4 is 46.5 Å². The van der Waals surface area contributed by atoms with Gasteiger partial charge in [0.15, 0.2) is 0 Å². The summed E-state index contributed by atoms with van der Waals surface area (Å²) in [4.78, 5) is 0. The van der Waals surface area contributed by atoms with E-state index in [1.807, 2.05) is 30.3 Å². The van der Waals surface area contributed by atoms with Crippen LogP contribution in [0.4, 0.5) is 0 Å². The zero-order chi connectivity index (χ0) is 4.24. The summed E-state index contributed by atoms with van der Waals surface area (Å²) >= 11 is 0. The molecule has 0 spiro atoms. The van der Waals surface area contributed by atoms with Crippen molar-refractivity contribution in [2.75, 3.05) is 0 Å². The van der Waals surface area contributed by atoms with E-state index in [1.54, 1.807) is 0 Å². The van der Waals surface area contributed by atoms with E-state index in [9.17, 15) is 0 Å². The molecule has 0 nitrogen and oxygen atoms in total. The Labute approximate surface area is 82.4 Å². The van der Waals surface area contributed by atoms with Gasteiger partial charge in [0.2, 0.25) is 0 Å². The Kier molecular flexibility index (Phi) is 11.1. The fourth-order valence-corrected chi connectivity index (χ4v) is 0.342. The smallest absolute Gasteiger partial charge is 1.00 e. The molecule has 0 saturated heterocycles. The van der Waals surface area contributed by atoms with Gasteiger partial charge in [0.05, 0.1) is 0 Å². The molecule has 2 heteroatoms. The quantitative estimate of drug-likeness (QED) is 0.353. The van der Waals surface area contributed by atoms with Gasteiger partial charge >= 0.3 is 29.6 Å². The van der Waals surface area contributed by atoms with Gasteiger partial charge in [-0.2, -0.15) is 0 Å². The van der Waals surface area contributed by atoms with E-state index >= 15 is 0 Å². The van der Waals surface area contributed by atoms with Crippen LogP contribution in [0, 0.1) is 6.07 Å². The van der Waals surface area contributed by atoms with Crippen molar-refractivity contribution in [3.8, 4) is 0 Å². The monoisotopic (exact) mass is 179 g/mol. The average Bonchev–Trinajstić information content (AvgIpc) is 1.72. The van der Waals surface area contributed by atoms with Crippen LogP contribution in [0.2, 0.25) is 0 Å². The fourth-order valence-electron chi connectivity index (χ4n) is 0.342. The van der Waals surface area contributed by atoms with Crippen LogP contribution in [0.1, 0.15) is 0 Å². The Morgan fingerprint density at radius 1 is 0.875 bits per heavy atom. The molecule has 1 aromatic rings. The molecule has 0 atom stereocenters. The van der Waals surface area contributed by atoms with E-state index < -0.39 is 0 Å². The van der Waals surface area contributed by atoms with Gasteiger partial charge in [-0.15, -0.1) is 0 Å². The average molecular weight is 180 g/mol. The Hall–Kier alpha value is 0.700. The molecule has 0 bridgehead atoms. The van der Waals surface area contributed by atoms with Crippen molar-refractivity contribution >= 4 is 0 Å². The second-order valence-corrected chi connectivity index (χ2v) is 1.08. The van der Waals surface area contributed by atoms with Crippen molar-refractivity contribution in [2.24, 2.45) is 0 Å². The summed E-state index contributed by atoms with van der Waals surface area (Å²) in [5.74, 6) is 0. The molecule has 0 aliphatic rings. The Morgan fingerprint density at radius 3 is 1.50 bits per heavy atom. The van der Waals surface area contributed by atoms with Crippen LogP contribution in [0.5, 0.6) is 0 Å². The van der Waals surface area contributed by atoms with Crippen LogP contribution in [0.3, 0.4) is 0 Å². The molecule has 0 fully saturated rings. The molecule has 1 aromatic carbocycles. The van der Waals surface area contributed by atoms with Gasteiger partial charge in [-0.25, -0.2) is 0 Å². The summed E-state index contributed by atoms with van der Waals surface area (Å²) < 4.78 is 0. The van der Waals surface area contributed by atoms with Crippen molar-refractivity contribution < 1.29 is 46.5 Å². The molecule has 0 N–H and O–H groups in total. The van der Waals surface area contributed by atoms with E-state index in [0.717, 1.165) is 0 Å². The molecule has 0 aromatic heterocycles. The van der Waals surface area contributed by atoms with E-state index in [4.69, 9.17) is 0 Å². The molecular formula is C6H5BrNa. The number of halogens is 1. The minimum Gasteiger partial charge on any atom is -1.00 e. The molecule has 37 valence electrons. The van der Waals surface area contributed by atoms with Crippen LogP contribution in [0.15, 0.2) is 30.3 Å². The van der Waals surface area contributed by atoms with Gasteiger partial charge in [-0.05, 0) is 6.07 Å². The molecule has 0 unspecified atom stereocenters. The van der Waals surface area contributed by atoms with E-state index in [-0.39, 0.29) is 46.5 Å². The third-order valence-electron chi connectivity index (χ3n) is 0.607. The molecule has 1 radical (unpaired) electrons. The minimum absolute atomic E-state index is 0. The SMILES string of the molecule is [Br-].[Na+].[c]1ccccc1. The maximum absolute atomic E-state index is 2.89. The number of benzene rings is 1. The normalized spacial score (nSPS) is 6.00. The standard InChI is InChI=1S/C6H5.BrH.Na/c1-2-4-6-5-3-1;;/h1-5H;1H;/q;;+1/p-1. The van der Waals surface area contributed by atoms with Crippen molar-refractivity contribution in [3.63, 3.8) is 0 Å². The molecule has 0 aliphatic carbocycles. The summed E-state index contributed by atoms with van der Waals surface area (Å²) in [5.41, 5.74) is 0. The number of hydrogen-bond acceptors (Lipinski definition) is 0. The van der Waals surface area contributed by atoms with Gasteiger partial charge in [-0.1, -0.05) is 30.3 Å². The Morgan fingerprint density at radius 2 is 1.38 bits per heavy atom. The van der Waals surface area contributed by atoms with E-state index in [1.165, 1.54) is 0 Å². The molecule has 0 saturated carbocycles. The second kappa shape index (κ2) is 7.70. The van der Waals surface area contributed by atoms with E-state index in [2.05, 4.69) is 6.07 Å². The summed E-state index contributed by atoms with van der Waals surface area (Å²) in [6.45, 7) is 0. The third-order valence-corrected chi connectivity index (χ3v) is 0.607. The van der Waals surface area contributed by atoms with Gasteiger partial charge in [-0.3, -0.25) is 0 Å². The largest absolute Gasteiger partial charge is 1.00 e. The third kappa shape index (κ3) is 4.85. The Balaban J connectivity index is 0. The summed E-state index contributed by atoms with van der Waals surface area (Å²) in [5, 5.41) is 0. The van der Waals surface area contributed by atoms with Gasteiger partial charge < -0.3 is 17.0 Å². The zero-order valence-electron chi connectivity index (χ0n) is 4.76.